The summed E-state index contributed by atoms with van der Waals surface area (Å²) in [5.41, 5.74) is 11.2. The number of nitrogens with one attached hydrogen (secondary N) is 1. The van der Waals surface area contributed by atoms with E-state index in [4.69, 9.17) is 10.5 Å². The van der Waals surface area contributed by atoms with E-state index in [9.17, 15) is 4.79 Å². The predicted octanol–water partition coefficient (Wildman–Crippen LogP) is 5.78. The highest BCUT2D eigenvalue weighted by Crippen LogP contribution is 2.36. The third kappa shape index (κ3) is 5.37. The van der Waals surface area contributed by atoms with Crippen LogP contribution in [0.2, 0.25) is 0 Å². The minimum Gasteiger partial charge on any atom is -0.496 e. The van der Waals surface area contributed by atoms with Gasteiger partial charge in [0.05, 0.1) is 7.11 Å². The second-order valence-corrected chi connectivity index (χ2v) is 9.01. The molecule has 0 radical (unpaired) electrons. The Morgan fingerprint density at radius 3 is 2.15 bits per heavy atom. The number of ether oxygens (including phenoxy) is 1. The molecule has 3 aromatic rings. The van der Waals surface area contributed by atoms with Gasteiger partial charge in [-0.2, -0.15) is 0 Å². The highest BCUT2D eigenvalue weighted by molar-refractivity contribution is 6.04. The zero-order valence-corrected chi connectivity index (χ0v) is 19.7. The van der Waals surface area contributed by atoms with Crippen LogP contribution < -0.4 is 15.8 Å². The van der Waals surface area contributed by atoms with Crippen LogP contribution >= 0.6 is 0 Å². The van der Waals surface area contributed by atoms with Gasteiger partial charge in [0.15, 0.2) is 0 Å². The Labute approximate surface area is 196 Å². The molecule has 172 valence electrons. The number of hydrogen-bond acceptors (Lipinski definition) is 4. The molecule has 5 heteroatoms. The zero-order chi connectivity index (χ0) is 23.4. The summed E-state index contributed by atoms with van der Waals surface area (Å²) in [6, 6.07) is 21.9. The van der Waals surface area contributed by atoms with Crippen LogP contribution in [0.3, 0.4) is 0 Å². The molecule has 0 bridgehead atoms. The van der Waals surface area contributed by atoms with Gasteiger partial charge in [-0.15, -0.1) is 0 Å². The average Bonchev–Trinajstić information content (AvgIpc) is 2.84. The Hall–Kier alpha value is -3.31. The summed E-state index contributed by atoms with van der Waals surface area (Å²) in [6.07, 6.45) is 2.19. The third-order valence-corrected chi connectivity index (χ3v) is 6.58. The summed E-state index contributed by atoms with van der Waals surface area (Å²) in [5.74, 6) is 1.21. The molecule has 4 rings (SSSR count). The smallest absolute Gasteiger partial charge is 0.255 e. The Morgan fingerprint density at radius 2 is 1.58 bits per heavy atom. The van der Waals surface area contributed by atoms with Gasteiger partial charge in [0.1, 0.15) is 5.75 Å². The van der Waals surface area contributed by atoms with Crippen LogP contribution in [0.4, 0.5) is 11.4 Å². The average molecular weight is 444 g/mol. The summed E-state index contributed by atoms with van der Waals surface area (Å²) in [6.45, 7) is 6.67. The molecular formula is C28H33N3O2. The topological polar surface area (TPSA) is 67.6 Å². The fourth-order valence-electron chi connectivity index (χ4n) is 4.55. The number of methoxy groups -OCH3 is 1. The summed E-state index contributed by atoms with van der Waals surface area (Å²) < 4.78 is 5.65. The predicted molar refractivity (Wildman–Crippen MR) is 136 cm³/mol. The monoisotopic (exact) mass is 443 g/mol. The first-order chi connectivity index (χ1) is 15.9. The number of piperidine rings is 1. The van der Waals surface area contributed by atoms with Crippen LogP contribution in [0.25, 0.3) is 11.1 Å². The molecule has 1 aliphatic heterocycles. The molecule has 1 saturated heterocycles. The van der Waals surface area contributed by atoms with E-state index >= 15 is 0 Å². The summed E-state index contributed by atoms with van der Waals surface area (Å²) in [5, 5.41) is 3.06. The van der Waals surface area contributed by atoms with E-state index < -0.39 is 0 Å². The van der Waals surface area contributed by atoms with Crippen molar-refractivity contribution in [2.45, 2.75) is 38.6 Å². The Kier molecular flexibility index (Phi) is 6.99. The molecule has 0 unspecified atom stereocenters. The Morgan fingerprint density at radius 1 is 0.970 bits per heavy atom. The molecule has 0 aromatic heterocycles. The minimum absolute atomic E-state index is 0.121. The molecule has 3 N–H and O–H groups in total. The van der Waals surface area contributed by atoms with Gasteiger partial charge in [0.25, 0.3) is 5.91 Å². The SMILES string of the molecule is COc1ccc(NC(=O)c2ccc(-c3ccc(N)cc3)cc2)cc1C1CCN(C(C)C)CC1. The number of carbonyl (C=O) groups is 1. The molecule has 5 nitrogen and oxygen atoms in total. The van der Waals surface area contributed by atoms with Gasteiger partial charge in [-0.25, -0.2) is 0 Å². The molecule has 33 heavy (non-hydrogen) atoms. The summed E-state index contributed by atoms with van der Waals surface area (Å²) in [4.78, 5) is 15.4. The van der Waals surface area contributed by atoms with E-state index in [1.807, 2.05) is 60.7 Å². The minimum atomic E-state index is -0.121. The van der Waals surface area contributed by atoms with Crippen molar-refractivity contribution >= 4 is 17.3 Å². The molecule has 3 aromatic carbocycles. The lowest BCUT2D eigenvalue weighted by Crippen LogP contribution is -2.37. The number of benzene rings is 3. The van der Waals surface area contributed by atoms with Crippen molar-refractivity contribution in [3.63, 3.8) is 0 Å². The Balaban J connectivity index is 1.47. The fourth-order valence-corrected chi connectivity index (χ4v) is 4.55. The van der Waals surface area contributed by atoms with Crippen LogP contribution in [0, 0.1) is 0 Å². The van der Waals surface area contributed by atoms with Gasteiger partial charge in [0.2, 0.25) is 0 Å². The van der Waals surface area contributed by atoms with Gasteiger partial charge >= 0.3 is 0 Å². The number of likely N-dealkylation sites (tertiary alicyclic amines) is 1. The molecular weight excluding hydrogens is 410 g/mol. The molecule has 0 spiro atoms. The van der Waals surface area contributed by atoms with Crippen LogP contribution in [0.5, 0.6) is 5.75 Å². The third-order valence-electron chi connectivity index (χ3n) is 6.58. The lowest BCUT2D eigenvalue weighted by atomic mass is 9.88. The van der Waals surface area contributed by atoms with Gasteiger partial charge < -0.3 is 20.7 Å². The number of nitrogens with zero attached hydrogens (tertiary/aromatic N) is 1. The zero-order valence-electron chi connectivity index (χ0n) is 19.7. The van der Waals surface area contributed by atoms with E-state index in [2.05, 4.69) is 30.1 Å². The van der Waals surface area contributed by atoms with E-state index in [0.29, 0.717) is 17.5 Å². The van der Waals surface area contributed by atoms with Gasteiger partial charge in [-0.3, -0.25) is 4.79 Å². The number of anilines is 2. The largest absolute Gasteiger partial charge is 0.496 e. The highest BCUT2D eigenvalue weighted by atomic mass is 16.5. The lowest BCUT2D eigenvalue weighted by molar-refractivity contribution is 0.102. The van der Waals surface area contributed by atoms with Crippen molar-refractivity contribution in [1.29, 1.82) is 0 Å². The molecule has 0 saturated carbocycles. The van der Waals surface area contributed by atoms with E-state index in [1.54, 1.807) is 7.11 Å². The first-order valence-corrected chi connectivity index (χ1v) is 11.6. The van der Waals surface area contributed by atoms with E-state index in [0.717, 1.165) is 54.2 Å². The van der Waals surface area contributed by atoms with E-state index in [1.165, 1.54) is 5.56 Å². The number of amides is 1. The lowest BCUT2D eigenvalue weighted by Gasteiger charge is -2.35. The van der Waals surface area contributed by atoms with Crippen molar-refractivity contribution in [3.05, 3.63) is 77.9 Å². The maximum Gasteiger partial charge on any atom is 0.255 e. The quantitative estimate of drug-likeness (QED) is 0.474. The number of nitrogen functional groups attached to an aromatic ring is 1. The van der Waals surface area contributed by atoms with Crippen LogP contribution in [-0.2, 0) is 0 Å². The normalized spacial score (nSPS) is 14.9. The van der Waals surface area contributed by atoms with Crippen LogP contribution in [-0.4, -0.2) is 37.0 Å². The maximum absolute atomic E-state index is 12.9. The molecule has 0 atom stereocenters. The Bertz CT molecular complexity index is 1080. The van der Waals surface area contributed by atoms with Crippen LogP contribution in [0.1, 0.15) is 48.5 Å². The second-order valence-electron chi connectivity index (χ2n) is 9.01. The van der Waals surface area contributed by atoms with Crippen LogP contribution in [0.15, 0.2) is 66.7 Å². The van der Waals surface area contributed by atoms with Crippen molar-refractivity contribution in [1.82, 2.24) is 4.90 Å². The van der Waals surface area contributed by atoms with Gasteiger partial charge in [-0.1, -0.05) is 24.3 Å². The summed E-state index contributed by atoms with van der Waals surface area (Å²) >= 11 is 0. The standard InChI is InChI=1S/C28H33N3O2/c1-19(2)31-16-14-22(15-17-31)26-18-25(12-13-27(26)33-3)30-28(32)23-6-4-20(5-7-23)21-8-10-24(29)11-9-21/h4-13,18-19,22H,14-17,29H2,1-3H3,(H,30,32). The first kappa shape index (κ1) is 22.9. The van der Waals surface area contributed by atoms with Crippen molar-refractivity contribution < 1.29 is 9.53 Å². The first-order valence-electron chi connectivity index (χ1n) is 11.6. The van der Waals surface area contributed by atoms with Crippen molar-refractivity contribution in [3.8, 4) is 16.9 Å². The fraction of sp³-hybridized carbons (Fsp3) is 0.321. The van der Waals surface area contributed by atoms with Gasteiger partial charge in [0, 0.05) is 23.0 Å². The highest BCUT2D eigenvalue weighted by Gasteiger charge is 2.24. The number of nitrogens with two attached hydrogens (primary N) is 1. The molecule has 1 fully saturated rings. The number of carbonyl (C=O) groups excluding carboxylic acids is 1. The summed E-state index contributed by atoms with van der Waals surface area (Å²) in [7, 11) is 1.71. The number of hydrogen-bond donors (Lipinski definition) is 2. The molecule has 0 aliphatic carbocycles. The maximum atomic E-state index is 12.9. The number of rotatable bonds is 6. The van der Waals surface area contributed by atoms with Crippen molar-refractivity contribution in [2.75, 3.05) is 31.2 Å². The van der Waals surface area contributed by atoms with E-state index in [-0.39, 0.29) is 5.91 Å². The van der Waals surface area contributed by atoms with Crippen molar-refractivity contribution in [2.24, 2.45) is 0 Å². The molecule has 1 amide bonds. The second kappa shape index (κ2) is 10.1. The molecule has 1 aliphatic rings. The van der Waals surface area contributed by atoms with Gasteiger partial charge in [-0.05, 0) is 105 Å². The molecule has 1 heterocycles.